The van der Waals surface area contributed by atoms with Crippen molar-refractivity contribution in [3.8, 4) is 0 Å². The largest absolute Gasteiger partial charge is 0.454 e. The van der Waals surface area contributed by atoms with Crippen LogP contribution in [0.4, 0.5) is 0 Å². The van der Waals surface area contributed by atoms with Crippen molar-refractivity contribution in [3.63, 3.8) is 0 Å². The van der Waals surface area contributed by atoms with Crippen molar-refractivity contribution >= 4 is 5.97 Å². The highest BCUT2D eigenvalue weighted by molar-refractivity contribution is 5.89. The first kappa shape index (κ1) is 38.9. The van der Waals surface area contributed by atoms with Crippen LogP contribution in [0.5, 0.6) is 0 Å². The molecule has 0 saturated carbocycles. The number of hydrogen-bond acceptors (Lipinski definition) is 4. The molecule has 0 aliphatic heterocycles. The van der Waals surface area contributed by atoms with E-state index in [4.69, 9.17) is 9.47 Å². The monoisotopic (exact) mass is 683 g/mol. The molecule has 0 aromatic heterocycles. The molecule has 4 aromatic carbocycles. The number of esters is 1. The summed E-state index contributed by atoms with van der Waals surface area (Å²) in [5.74, 6) is -0.491. The Morgan fingerprint density at radius 3 is 1.78 bits per heavy atom. The van der Waals surface area contributed by atoms with Crippen LogP contribution in [0.25, 0.3) is 10.4 Å². The zero-order valence-corrected chi connectivity index (χ0v) is 30.3. The number of azide groups is 1. The van der Waals surface area contributed by atoms with E-state index in [1.807, 2.05) is 109 Å². The summed E-state index contributed by atoms with van der Waals surface area (Å²) in [5, 5.41) is 4.16. The van der Waals surface area contributed by atoms with Crippen LogP contribution in [0.1, 0.15) is 105 Å². The predicted molar refractivity (Wildman–Crippen MR) is 208 cm³/mol. The van der Waals surface area contributed by atoms with Gasteiger partial charge in [0.25, 0.3) is 0 Å². The van der Waals surface area contributed by atoms with Crippen LogP contribution < -0.4 is 0 Å². The summed E-state index contributed by atoms with van der Waals surface area (Å²) in [7, 11) is 0. The lowest BCUT2D eigenvalue weighted by Gasteiger charge is -2.37. The van der Waals surface area contributed by atoms with Gasteiger partial charge in [-0.1, -0.05) is 177 Å². The SMILES string of the molecule is CCCCCCCCC/C(C)=C/CC/C=C/[C@@H](OC(=O)c1ccccc1)[C@H](COC(c1ccccc1)(c1ccccc1)c1ccccc1)N=[N+]=[N-]. The van der Waals surface area contributed by atoms with Gasteiger partial charge >= 0.3 is 5.97 Å². The highest BCUT2D eigenvalue weighted by atomic mass is 16.5. The summed E-state index contributed by atoms with van der Waals surface area (Å²) in [6.07, 6.45) is 17.2. The molecule has 266 valence electrons. The Balaban J connectivity index is 1.56. The molecule has 0 saturated heterocycles. The summed E-state index contributed by atoms with van der Waals surface area (Å²) >= 11 is 0. The maximum absolute atomic E-state index is 13.4. The first-order valence-electron chi connectivity index (χ1n) is 18.5. The molecule has 0 unspecified atom stereocenters. The number of hydrogen-bond donors (Lipinski definition) is 0. The number of benzene rings is 4. The molecular weight excluding hydrogens is 631 g/mol. The number of carbonyl (C=O) groups excluding carboxylic acids is 1. The van der Waals surface area contributed by atoms with Crippen LogP contribution in [0.15, 0.2) is 150 Å². The molecule has 0 aliphatic rings. The highest BCUT2D eigenvalue weighted by Gasteiger charge is 2.39. The van der Waals surface area contributed by atoms with E-state index >= 15 is 0 Å². The number of nitrogens with zero attached hydrogens (tertiary/aromatic N) is 3. The third-order valence-corrected chi connectivity index (χ3v) is 9.17. The van der Waals surface area contributed by atoms with Gasteiger partial charge in [0.2, 0.25) is 0 Å². The van der Waals surface area contributed by atoms with Crippen LogP contribution >= 0.6 is 0 Å². The molecule has 6 nitrogen and oxygen atoms in total. The molecule has 0 radical (unpaired) electrons. The highest BCUT2D eigenvalue weighted by Crippen LogP contribution is 2.40. The van der Waals surface area contributed by atoms with Gasteiger partial charge in [-0.2, -0.15) is 0 Å². The predicted octanol–water partition coefficient (Wildman–Crippen LogP) is 12.3. The van der Waals surface area contributed by atoms with Crippen LogP contribution in [0, 0.1) is 0 Å². The lowest BCUT2D eigenvalue weighted by atomic mass is 9.80. The van der Waals surface area contributed by atoms with E-state index in [2.05, 4.69) is 29.9 Å². The topological polar surface area (TPSA) is 84.3 Å². The van der Waals surface area contributed by atoms with Crippen molar-refractivity contribution in [2.75, 3.05) is 6.61 Å². The maximum Gasteiger partial charge on any atom is 0.338 e. The van der Waals surface area contributed by atoms with Crippen molar-refractivity contribution in [2.24, 2.45) is 5.11 Å². The van der Waals surface area contributed by atoms with E-state index in [-0.39, 0.29) is 6.61 Å². The summed E-state index contributed by atoms with van der Waals surface area (Å²) in [6.45, 7) is 4.44. The Hall–Kier alpha value is -4.90. The summed E-state index contributed by atoms with van der Waals surface area (Å²) in [5.41, 5.74) is 13.3. The van der Waals surface area contributed by atoms with Crippen LogP contribution in [-0.2, 0) is 15.1 Å². The fourth-order valence-electron chi connectivity index (χ4n) is 6.37. The van der Waals surface area contributed by atoms with Gasteiger partial charge in [0.1, 0.15) is 17.7 Å². The molecule has 4 aromatic rings. The van der Waals surface area contributed by atoms with Gasteiger partial charge < -0.3 is 9.47 Å². The molecular formula is C45H53N3O3. The first-order valence-corrected chi connectivity index (χ1v) is 18.5. The molecule has 6 heteroatoms. The summed E-state index contributed by atoms with van der Waals surface area (Å²) < 4.78 is 13.1. The van der Waals surface area contributed by atoms with Crippen molar-refractivity contribution in [1.82, 2.24) is 0 Å². The molecule has 4 rings (SSSR count). The third-order valence-electron chi connectivity index (χ3n) is 9.17. The second-order valence-corrected chi connectivity index (χ2v) is 13.0. The average Bonchev–Trinajstić information content (AvgIpc) is 3.18. The second-order valence-electron chi connectivity index (χ2n) is 13.0. The smallest absolute Gasteiger partial charge is 0.338 e. The zero-order valence-electron chi connectivity index (χ0n) is 30.3. The van der Waals surface area contributed by atoms with Crippen molar-refractivity contribution < 1.29 is 14.3 Å². The minimum atomic E-state index is -1.03. The number of unbranched alkanes of at least 4 members (excludes halogenated alkanes) is 7. The van der Waals surface area contributed by atoms with Gasteiger partial charge in [0.05, 0.1) is 12.2 Å². The molecule has 0 amide bonds. The molecule has 0 heterocycles. The summed E-state index contributed by atoms with van der Waals surface area (Å²) in [6, 6.07) is 38.1. The number of rotatable bonds is 22. The normalized spacial score (nSPS) is 13.0. The Morgan fingerprint density at radius 2 is 1.25 bits per heavy atom. The van der Waals surface area contributed by atoms with Gasteiger partial charge in [-0.3, -0.25) is 0 Å². The van der Waals surface area contributed by atoms with Crippen LogP contribution in [0.3, 0.4) is 0 Å². The van der Waals surface area contributed by atoms with E-state index in [1.54, 1.807) is 24.3 Å². The Morgan fingerprint density at radius 1 is 0.745 bits per heavy atom. The lowest BCUT2D eigenvalue weighted by Crippen LogP contribution is -2.39. The number of allylic oxidation sites excluding steroid dienone is 3. The van der Waals surface area contributed by atoms with Crippen molar-refractivity contribution in [3.05, 3.63) is 178 Å². The van der Waals surface area contributed by atoms with Gasteiger partial charge in [-0.05, 0) is 73.0 Å². The molecule has 0 fully saturated rings. The summed E-state index contributed by atoms with van der Waals surface area (Å²) in [4.78, 5) is 16.6. The van der Waals surface area contributed by atoms with Gasteiger partial charge in [-0.25, -0.2) is 4.79 Å². The van der Waals surface area contributed by atoms with Crippen molar-refractivity contribution in [2.45, 2.75) is 95.8 Å². The van der Waals surface area contributed by atoms with Gasteiger partial charge in [0.15, 0.2) is 0 Å². The first-order chi connectivity index (χ1) is 25.1. The van der Waals surface area contributed by atoms with Crippen LogP contribution in [-0.4, -0.2) is 24.7 Å². The number of carbonyl (C=O) groups is 1. The molecule has 2 atom stereocenters. The van der Waals surface area contributed by atoms with E-state index in [9.17, 15) is 10.3 Å². The quantitative estimate of drug-likeness (QED) is 0.0157. The molecule has 51 heavy (non-hydrogen) atoms. The molecule has 0 bridgehead atoms. The van der Waals surface area contributed by atoms with E-state index in [0.717, 1.165) is 36.0 Å². The Labute approximate surface area is 304 Å². The Kier molecular flexibility index (Phi) is 16.8. The fourth-order valence-corrected chi connectivity index (χ4v) is 6.37. The molecule has 0 aliphatic carbocycles. The molecule has 0 spiro atoms. The lowest BCUT2D eigenvalue weighted by molar-refractivity contribution is -0.0172. The Bertz CT molecular complexity index is 1570. The molecule has 0 N–H and O–H groups in total. The van der Waals surface area contributed by atoms with Gasteiger partial charge in [-0.15, -0.1) is 0 Å². The maximum atomic E-state index is 13.4. The minimum absolute atomic E-state index is 0.0166. The fraction of sp³-hybridized carbons (Fsp3) is 0.356. The zero-order chi connectivity index (χ0) is 36.0. The van der Waals surface area contributed by atoms with Crippen molar-refractivity contribution in [1.29, 1.82) is 0 Å². The minimum Gasteiger partial charge on any atom is -0.454 e. The van der Waals surface area contributed by atoms with E-state index < -0.39 is 23.7 Å². The second kappa shape index (κ2) is 22.0. The third kappa shape index (κ3) is 12.1. The van der Waals surface area contributed by atoms with E-state index in [0.29, 0.717) is 5.56 Å². The van der Waals surface area contributed by atoms with E-state index in [1.165, 1.54) is 50.5 Å². The standard InChI is InChI=1S/C45H53N3O3/c1-3-4-5-6-7-8-14-25-37(2)26-15-9-24-35-43(51-44(49)38-27-16-10-17-28-38)42(47-48-46)36-50-45(39-29-18-11-19-30-39,40-31-20-12-21-32-40)41-33-22-13-23-34-41/h10-13,16-24,26-35,42-43H,3-9,14-15,25,36H2,1-2H3/b35-24+,37-26+/t42-,43+/m0/s1. The average molecular weight is 684 g/mol. The van der Waals surface area contributed by atoms with Gasteiger partial charge in [0, 0.05) is 4.91 Å². The van der Waals surface area contributed by atoms with Crippen LogP contribution in [0.2, 0.25) is 0 Å². The number of ether oxygens (including phenoxy) is 2.